The van der Waals surface area contributed by atoms with Crippen molar-refractivity contribution >= 4 is 23.5 Å². The van der Waals surface area contributed by atoms with Crippen LogP contribution in [0.4, 0.5) is 0 Å². The van der Waals surface area contributed by atoms with Crippen molar-refractivity contribution in [2.45, 2.75) is 26.3 Å². The van der Waals surface area contributed by atoms with Crippen molar-refractivity contribution in [2.24, 2.45) is 23.1 Å². The molecular weight excluding hydrogens is 290 g/mol. The number of piperidine rings is 1. The molecule has 2 aromatic rings. The lowest BCUT2D eigenvalue weighted by molar-refractivity contribution is 0.283. The van der Waals surface area contributed by atoms with Gasteiger partial charge in [0.2, 0.25) is 5.90 Å². The number of hydrogen-bond acceptors (Lipinski definition) is 5. The number of oxime groups is 1. The van der Waals surface area contributed by atoms with Gasteiger partial charge in [0.25, 0.3) is 0 Å². The van der Waals surface area contributed by atoms with Gasteiger partial charge in [0.1, 0.15) is 0 Å². The van der Waals surface area contributed by atoms with E-state index in [-0.39, 0.29) is 0 Å². The minimum absolute atomic E-state index is 0.324. The molecule has 2 heterocycles. The first-order valence-electron chi connectivity index (χ1n) is 7.99. The first-order chi connectivity index (χ1) is 11.2. The molecule has 1 fully saturated rings. The molecule has 1 aliphatic rings. The number of nitrogens with zero attached hydrogens (tertiary/aromatic N) is 4. The molecule has 0 aliphatic carbocycles. The van der Waals surface area contributed by atoms with Gasteiger partial charge < -0.3 is 10.2 Å². The smallest absolute Gasteiger partial charge is 0.223 e. The fourth-order valence-electron chi connectivity index (χ4n) is 3.12. The molecule has 0 unspecified atom stereocenters. The second kappa shape index (κ2) is 6.91. The van der Waals surface area contributed by atoms with E-state index in [2.05, 4.69) is 45.5 Å². The molecule has 23 heavy (non-hydrogen) atoms. The van der Waals surface area contributed by atoms with Crippen molar-refractivity contribution in [3.8, 4) is 0 Å². The van der Waals surface area contributed by atoms with Crippen LogP contribution in [-0.2, 0) is 18.4 Å². The van der Waals surface area contributed by atoms with Crippen LogP contribution in [0.3, 0.4) is 0 Å². The lowest BCUT2D eigenvalue weighted by atomic mass is 9.98. The van der Waals surface area contributed by atoms with E-state index in [9.17, 15) is 0 Å². The fourth-order valence-corrected chi connectivity index (χ4v) is 3.12. The van der Waals surface area contributed by atoms with Crippen LogP contribution in [0.2, 0.25) is 0 Å². The first-order valence-corrected chi connectivity index (χ1v) is 7.99. The number of aryl methyl sites for hydroxylation is 2. The normalized spacial score (nSPS) is 16.7. The number of hydrogen-bond donors (Lipinski definition) is 1. The largest absolute Gasteiger partial charge is 0.342 e. The maximum atomic E-state index is 5.34. The highest BCUT2D eigenvalue weighted by atomic mass is 16.6. The van der Waals surface area contributed by atoms with Crippen LogP contribution in [-0.4, -0.2) is 35.5 Å². The van der Waals surface area contributed by atoms with Crippen LogP contribution in [0.25, 0.3) is 10.9 Å². The average Bonchev–Trinajstić information content (AvgIpc) is 2.86. The van der Waals surface area contributed by atoms with E-state index in [0.29, 0.717) is 18.4 Å². The molecule has 6 nitrogen and oxygen atoms in total. The quantitative estimate of drug-likeness (QED) is 0.535. The van der Waals surface area contributed by atoms with Gasteiger partial charge in [-0.2, -0.15) is 5.10 Å². The maximum absolute atomic E-state index is 5.34. The van der Waals surface area contributed by atoms with E-state index in [0.717, 1.165) is 42.7 Å². The average molecular weight is 313 g/mol. The fraction of sp³-hybridized carbons (Fsp3) is 0.471. The Kier molecular flexibility index (Phi) is 4.71. The topological polar surface area (TPSA) is 63.8 Å². The summed E-state index contributed by atoms with van der Waals surface area (Å²) in [6.45, 7) is 8.01. The second-order valence-corrected chi connectivity index (χ2v) is 5.96. The Morgan fingerprint density at radius 3 is 2.96 bits per heavy atom. The predicted octanol–water partition coefficient (Wildman–Crippen LogP) is 2.41. The van der Waals surface area contributed by atoms with Crippen LogP contribution in [0.15, 0.2) is 28.3 Å². The Balaban J connectivity index is 1.81. The number of fused-ring (bicyclic) bond motifs is 1. The van der Waals surface area contributed by atoms with Gasteiger partial charge >= 0.3 is 0 Å². The van der Waals surface area contributed by atoms with Crippen molar-refractivity contribution in [1.29, 1.82) is 0 Å². The predicted molar refractivity (Wildman–Crippen MR) is 92.8 cm³/mol. The SMILES string of the molecule is C=NOC(=NCc1ccc2c(C)nn(C)c2c1)C1CCNCC1. The summed E-state index contributed by atoms with van der Waals surface area (Å²) in [4.78, 5) is 9.99. The summed E-state index contributed by atoms with van der Waals surface area (Å²) in [7, 11) is 1.97. The molecular formula is C17H23N5O. The molecule has 0 bridgehead atoms. The van der Waals surface area contributed by atoms with Gasteiger partial charge in [0.15, 0.2) is 0 Å². The lowest BCUT2D eigenvalue weighted by Crippen LogP contribution is -2.32. The molecule has 0 radical (unpaired) electrons. The highest BCUT2D eigenvalue weighted by Crippen LogP contribution is 2.20. The summed E-state index contributed by atoms with van der Waals surface area (Å²) >= 11 is 0. The third kappa shape index (κ3) is 3.42. The molecule has 1 N–H and O–H groups in total. The zero-order chi connectivity index (χ0) is 16.2. The zero-order valence-electron chi connectivity index (χ0n) is 13.7. The summed E-state index contributed by atoms with van der Waals surface area (Å²) in [6, 6.07) is 6.35. The lowest BCUT2D eigenvalue weighted by Gasteiger charge is -2.22. The summed E-state index contributed by atoms with van der Waals surface area (Å²) in [5.41, 5.74) is 3.31. The molecule has 1 saturated heterocycles. The minimum atomic E-state index is 0.324. The molecule has 0 saturated carbocycles. The van der Waals surface area contributed by atoms with E-state index >= 15 is 0 Å². The Morgan fingerprint density at radius 1 is 1.43 bits per heavy atom. The van der Waals surface area contributed by atoms with Crippen LogP contribution in [0, 0.1) is 12.8 Å². The van der Waals surface area contributed by atoms with Crippen LogP contribution >= 0.6 is 0 Å². The summed E-state index contributed by atoms with van der Waals surface area (Å²) in [5, 5.41) is 12.6. The van der Waals surface area contributed by atoms with Crippen LogP contribution < -0.4 is 5.32 Å². The van der Waals surface area contributed by atoms with Crippen LogP contribution in [0.1, 0.15) is 24.1 Å². The van der Waals surface area contributed by atoms with Crippen molar-refractivity contribution in [3.05, 3.63) is 29.5 Å². The summed E-state index contributed by atoms with van der Waals surface area (Å²) in [6.07, 6.45) is 2.04. The number of benzene rings is 1. The van der Waals surface area contributed by atoms with Gasteiger partial charge in [-0.15, -0.1) is 0 Å². The van der Waals surface area contributed by atoms with Crippen molar-refractivity contribution < 1.29 is 4.84 Å². The first kappa shape index (κ1) is 15.7. The Labute approximate surface area is 136 Å². The minimum Gasteiger partial charge on any atom is -0.342 e. The number of nitrogens with one attached hydrogen (secondary N) is 1. The molecule has 1 aromatic heterocycles. The van der Waals surface area contributed by atoms with Crippen molar-refractivity contribution in [2.75, 3.05) is 13.1 Å². The molecule has 6 heteroatoms. The summed E-state index contributed by atoms with van der Waals surface area (Å²) < 4.78 is 1.91. The number of aliphatic imine (C=N–C) groups is 1. The Bertz CT molecular complexity index is 728. The molecule has 122 valence electrons. The molecule has 0 atom stereocenters. The standard InChI is InChI=1S/C17H23N5O/c1-12-15-5-4-13(10-16(15)22(3)21-12)11-20-17(23-18-2)14-6-8-19-9-7-14/h4-5,10,14,19H,2,6-9,11H2,1,3H3. The van der Waals surface area contributed by atoms with E-state index in [1.807, 2.05) is 18.7 Å². The Hall–Kier alpha value is -2.21. The van der Waals surface area contributed by atoms with E-state index in [1.165, 1.54) is 5.39 Å². The number of rotatable bonds is 4. The zero-order valence-corrected chi connectivity index (χ0v) is 13.7. The highest BCUT2D eigenvalue weighted by Gasteiger charge is 2.21. The number of aromatic nitrogens is 2. The van der Waals surface area contributed by atoms with E-state index in [4.69, 9.17) is 4.84 Å². The van der Waals surface area contributed by atoms with Crippen LogP contribution in [0.5, 0.6) is 0 Å². The van der Waals surface area contributed by atoms with Gasteiger partial charge in [-0.1, -0.05) is 17.3 Å². The van der Waals surface area contributed by atoms with Crippen molar-refractivity contribution in [3.63, 3.8) is 0 Å². The third-order valence-electron chi connectivity index (χ3n) is 4.36. The van der Waals surface area contributed by atoms with Gasteiger partial charge in [0, 0.05) is 25.1 Å². The van der Waals surface area contributed by atoms with Gasteiger partial charge in [-0.3, -0.25) is 4.68 Å². The highest BCUT2D eigenvalue weighted by molar-refractivity contribution is 5.82. The molecule has 1 aromatic carbocycles. The van der Waals surface area contributed by atoms with Gasteiger partial charge in [0.05, 0.1) is 17.8 Å². The van der Waals surface area contributed by atoms with Gasteiger partial charge in [-0.25, -0.2) is 4.99 Å². The second-order valence-electron chi connectivity index (χ2n) is 5.96. The molecule has 1 aliphatic heterocycles. The molecule has 0 amide bonds. The molecule has 0 spiro atoms. The van der Waals surface area contributed by atoms with Gasteiger partial charge in [-0.05, 0) is 44.5 Å². The molecule has 3 rings (SSSR count). The van der Waals surface area contributed by atoms with E-state index < -0.39 is 0 Å². The summed E-state index contributed by atoms with van der Waals surface area (Å²) in [5.74, 6) is 1.02. The Morgan fingerprint density at radius 2 is 2.22 bits per heavy atom. The maximum Gasteiger partial charge on any atom is 0.223 e. The third-order valence-corrected chi connectivity index (χ3v) is 4.36. The van der Waals surface area contributed by atoms with E-state index in [1.54, 1.807) is 0 Å². The van der Waals surface area contributed by atoms with Crippen molar-refractivity contribution in [1.82, 2.24) is 15.1 Å². The monoisotopic (exact) mass is 313 g/mol.